The average molecular weight is 283 g/mol. The van der Waals surface area contributed by atoms with Gasteiger partial charge >= 0.3 is 0 Å². The van der Waals surface area contributed by atoms with Crippen molar-refractivity contribution in [2.45, 2.75) is 0 Å². The van der Waals surface area contributed by atoms with E-state index >= 15 is 0 Å². The van der Waals surface area contributed by atoms with E-state index in [0.717, 1.165) is 6.20 Å². The number of benzene rings is 2. The molecule has 0 aliphatic carbocycles. The number of carbonyl (C=O) groups is 1. The van der Waals surface area contributed by atoms with Gasteiger partial charge in [-0.3, -0.25) is 14.9 Å². The van der Waals surface area contributed by atoms with Crippen LogP contribution in [0.5, 0.6) is 5.75 Å². The van der Waals surface area contributed by atoms with Gasteiger partial charge in [-0.15, -0.1) is 0 Å². The molecule has 5 nitrogen and oxygen atoms in total. The van der Waals surface area contributed by atoms with E-state index in [-0.39, 0.29) is 5.78 Å². The van der Waals surface area contributed by atoms with E-state index in [2.05, 4.69) is 0 Å². The maximum atomic E-state index is 12.4. The lowest BCUT2D eigenvalue weighted by atomic mass is 10.0. The second kappa shape index (κ2) is 6.47. The minimum Gasteiger partial charge on any atom is -0.496 e. The SMILES string of the molecule is COc1cc(C=C[N+](=O)[O-])ccc1C(=O)c1ccccc1. The molecule has 0 bridgehead atoms. The monoisotopic (exact) mass is 283 g/mol. The Balaban J connectivity index is 2.37. The Hall–Kier alpha value is -2.95. The number of nitrogens with zero attached hydrogens (tertiary/aromatic N) is 1. The molecule has 0 spiro atoms. The van der Waals surface area contributed by atoms with Gasteiger partial charge < -0.3 is 4.74 Å². The smallest absolute Gasteiger partial charge is 0.235 e. The fourth-order valence-corrected chi connectivity index (χ4v) is 1.89. The predicted octanol–water partition coefficient (Wildman–Crippen LogP) is 3.17. The van der Waals surface area contributed by atoms with Gasteiger partial charge in [-0.05, 0) is 17.7 Å². The highest BCUT2D eigenvalue weighted by atomic mass is 16.6. The van der Waals surface area contributed by atoms with E-state index in [0.29, 0.717) is 22.4 Å². The van der Waals surface area contributed by atoms with Gasteiger partial charge in [0, 0.05) is 11.6 Å². The predicted molar refractivity (Wildman–Crippen MR) is 78.9 cm³/mol. The van der Waals surface area contributed by atoms with Crippen molar-refractivity contribution < 1.29 is 14.5 Å². The first-order valence-corrected chi connectivity index (χ1v) is 6.21. The number of rotatable bonds is 5. The summed E-state index contributed by atoms with van der Waals surface area (Å²) >= 11 is 0. The number of carbonyl (C=O) groups excluding carboxylic acids is 1. The molecular weight excluding hydrogens is 270 g/mol. The molecule has 0 N–H and O–H groups in total. The van der Waals surface area contributed by atoms with Gasteiger partial charge in [0.1, 0.15) is 5.75 Å². The molecule has 0 saturated heterocycles. The van der Waals surface area contributed by atoms with Crippen molar-refractivity contribution in [2.24, 2.45) is 0 Å². The van der Waals surface area contributed by atoms with Crippen molar-refractivity contribution in [3.05, 3.63) is 81.5 Å². The van der Waals surface area contributed by atoms with Gasteiger partial charge in [0.05, 0.1) is 17.6 Å². The van der Waals surface area contributed by atoms with Gasteiger partial charge in [-0.2, -0.15) is 0 Å². The van der Waals surface area contributed by atoms with E-state index in [1.807, 2.05) is 6.07 Å². The van der Waals surface area contributed by atoms with Crippen molar-refractivity contribution in [1.29, 1.82) is 0 Å². The molecule has 0 fully saturated rings. The third-order valence-electron chi connectivity index (χ3n) is 2.89. The van der Waals surface area contributed by atoms with Crippen LogP contribution in [0, 0.1) is 10.1 Å². The van der Waals surface area contributed by atoms with E-state index in [1.54, 1.807) is 42.5 Å². The minimum atomic E-state index is -0.546. The lowest BCUT2D eigenvalue weighted by molar-refractivity contribution is -0.400. The van der Waals surface area contributed by atoms with Crippen LogP contribution in [0.25, 0.3) is 6.08 Å². The fraction of sp³-hybridized carbons (Fsp3) is 0.0625. The molecular formula is C16H13NO4. The number of hydrogen-bond acceptors (Lipinski definition) is 4. The zero-order chi connectivity index (χ0) is 15.2. The Morgan fingerprint density at radius 2 is 1.90 bits per heavy atom. The number of methoxy groups -OCH3 is 1. The maximum Gasteiger partial charge on any atom is 0.235 e. The fourth-order valence-electron chi connectivity index (χ4n) is 1.89. The molecule has 5 heteroatoms. The second-order valence-electron chi connectivity index (χ2n) is 4.26. The lowest BCUT2D eigenvalue weighted by Gasteiger charge is -2.08. The molecule has 106 valence electrons. The van der Waals surface area contributed by atoms with Crippen LogP contribution in [0.3, 0.4) is 0 Å². The first-order valence-electron chi connectivity index (χ1n) is 6.21. The van der Waals surface area contributed by atoms with Crippen LogP contribution < -0.4 is 4.74 Å². The standard InChI is InChI=1S/C16H13NO4/c1-21-15-11-12(9-10-17(19)20)7-8-14(15)16(18)13-5-3-2-4-6-13/h2-11H,1H3. The largest absolute Gasteiger partial charge is 0.496 e. The molecule has 0 amide bonds. The topological polar surface area (TPSA) is 69.4 Å². The molecule has 0 radical (unpaired) electrons. The van der Waals surface area contributed by atoms with E-state index in [1.165, 1.54) is 13.2 Å². The lowest BCUT2D eigenvalue weighted by Crippen LogP contribution is -2.04. The van der Waals surface area contributed by atoms with Crippen LogP contribution in [0.15, 0.2) is 54.7 Å². The first-order chi connectivity index (χ1) is 10.1. The summed E-state index contributed by atoms with van der Waals surface area (Å²) in [5.74, 6) is 0.228. The highest BCUT2D eigenvalue weighted by Gasteiger charge is 2.14. The summed E-state index contributed by atoms with van der Waals surface area (Å²) in [6.07, 6.45) is 2.19. The molecule has 0 unspecified atom stereocenters. The van der Waals surface area contributed by atoms with Gasteiger partial charge in [-0.1, -0.05) is 36.4 Å². The number of ketones is 1. The number of hydrogen-bond donors (Lipinski definition) is 0. The van der Waals surface area contributed by atoms with E-state index in [4.69, 9.17) is 4.74 Å². The van der Waals surface area contributed by atoms with Gasteiger partial charge in [0.25, 0.3) is 0 Å². The zero-order valence-corrected chi connectivity index (χ0v) is 11.4. The molecule has 21 heavy (non-hydrogen) atoms. The van der Waals surface area contributed by atoms with Crippen LogP contribution in [0.1, 0.15) is 21.5 Å². The molecule has 0 heterocycles. The highest BCUT2D eigenvalue weighted by Crippen LogP contribution is 2.24. The molecule has 2 aromatic rings. The summed E-state index contributed by atoms with van der Waals surface area (Å²) in [6.45, 7) is 0. The third-order valence-corrected chi connectivity index (χ3v) is 2.89. The maximum absolute atomic E-state index is 12.4. The Morgan fingerprint density at radius 3 is 2.52 bits per heavy atom. The van der Waals surface area contributed by atoms with Crippen molar-refractivity contribution in [3.63, 3.8) is 0 Å². The van der Waals surface area contributed by atoms with Crippen LogP contribution in [-0.4, -0.2) is 17.8 Å². The first kappa shape index (κ1) is 14.5. The zero-order valence-electron chi connectivity index (χ0n) is 11.4. The van der Waals surface area contributed by atoms with Gasteiger partial charge in [-0.25, -0.2) is 0 Å². The average Bonchev–Trinajstić information content (AvgIpc) is 2.52. The molecule has 0 aliphatic heterocycles. The van der Waals surface area contributed by atoms with Crippen molar-refractivity contribution in [2.75, 3.05) is 7.11 Å². The summed E-state index contributed by atoms with van der Waals surface area (Å²) in [4.78, 5) is 22.2. The molecule has 0 saturated carbocycles. The van der Waals surface area contributed by atoms with Crippen molar-refractivity contribution in [3.8, 4) is 5.75 Å². The summed E-state index contributed by atoms with van der Waals surface area (Å²) in [5, 5.41) is 10.3. The van der Waals surface area contributed by atoms with Crippen LogP contribution in [0.2, 0.25) is 0 Å². The number of ether oxygens (including phenoxy) is 1. The van der Waals surface area contributed by atoms with Crippen molar-refractivity contribution >= 4 is 11.9 Å². The van der Waals surface area contributed by atoms with Gasteiger partial charge in [0.15, 0.2) is 5.78 Å². The second-order valence-corrected chi connectivity index (χ2v) is 4.26. The van der Waals surface area contributed by atoms with Crippen LogP contribution in [-0.2, 0) is 0 Å². The van der Waals surface area contributed by atoms with Crippen molar-refractivity contribution in [1.82, 2.24) is 0 Å². The summed E-state index contributed by atoms with van der Waals surface area (Å²) in [5.41, 5.74) is 1.57. The van der Waals surface area contributed by atoms with Gasteiger partial charge in [0.2, 0.25) is 6.20 Å². The third kappa shape index (κ3) is 3.54. The molecule has 0 aromatic heterocycles. The van der Waals surface area contributed by atoms with Crippen LogP contribution >= 0.6 is 0 Å². The van der Waals surface area contributed by atoms with Crippen LogP contribution in [0.4, 0.5) is 0 Å². The Morgan fingerprint density at radius 1 is 1.19 bits per heavy atom. The Labute approximate surface area is 121 Å². The van der Waals surface area contributed by atoms with E-state index < -0.39 is 4.92 Å². The normalized spacial score (nSPS) is 10.5. The minimum absolute atomic E-state index is 0.155. The molecule has 2 aromatic carbocycles. The number of nitro groups is 1. The quantitative estimate of drug-likeness (QED) is 0.480. The summed E-state index contributed by atoms with van der Waals surface area (Å²) in [7, 11) is 1.46. The summed E-state index contributed by atoms with van der Waals surface area (Å²) in [6, 6.07) is 13.7. The summed E-state index contributed by atoms with van der Waals surface area (Å²) < 4.78 is 5.21. The molecule has 0 aliphatic rings. The van der Waals surface area contributed by atoms with E-state index in [9.17, 15) is 14.9 Å². The molecule has 0 atom stereocenters. The molecule has 2 rings (SSSR count). The highest BCUT2D eigenvalue weighted by molar-refractivity contribution is 6.10. The Kier molecular flexibility index (Phi) is 4.46. The Bertz CT molecular complexity index is 693.